The summed E-state index contributed by atoms with van der Waals surface area (Å²) in [5.41, 5.74) is 2.01. The molecule has 0 saturated carbocycles. The van der Waals surface area contributed by atoms with Crippen LogP contribution in [0.2, 0.25) is 0 Å². The van der Waals surface area contributed by atoms with Crippen molar-refractivity contribution in [1.82, 2.24) is 4.57 Å². The average molecular weight is 518 g/mol. The third-order valence-electron chi connectivity index (χ3n) is 6.19. The van der Waals surface area contributed by atoms with Crippen molar-refractivity contribution in [2.24, 2.45) is 5.92 Å². The molecule has 2 heterocycles. The lowest BCUT2D eigenvalue weighted by molar-refractivity contribution is -0.621. The first kappa shape index (κ1) is 26.1. The van der Waals surface area contributed by atoms with Crippen LogP contribution in [0, 0.1) is 25.0 Å². The molecule has 8 nitrogen and oxygen atoms in total. The number of halogens is 3. The maximum absolute atomic E-state index is 13.5. The molecule has 1 aliphatic rings. The first-order chi connectivity index (χ1) is 17.3. The van der Waals surface area contributed by atoms with Crippen molar-refractivity contribution in [3.8, 4) is 5.75 Å². The predicted molar refractivity (Wildman–Crippen MR) is 123 cm³/mol. The SMILES string of the molecule is Cc1c(C)[n+]([O-])c([C@H](c2ccc(OC(F)(F)F)cc2)C2C(=O)OC(C)(C)OC2=O)n1Cc1ccccc1. The average Bonchev–Trinajstić information content (AvgIpc) is 2.99. The number of benzene rings is 2. The quantitative estimate of drug-likeness (QED) is 0.209. The molecule has 0 bridgehead atoms. The van der Waals surface area contributed by atoms with E-state index >= 15 is 0 Å². The first-order valence-electron chi connectivity index (χ1n) is 11.4. The van der Waals surface area contributed by atoms with Crippen molar-refractivity contribution in [2.75, 3.05) is 0 Å². The Bertz CT molecular complexity index is 1300. The molecule has 0 unspecified atom stereocenters. The molecule has 0 N–H and O–H groups in total. The highest BCUT2D eigenvalue weighted by Crippen LogP contribution is 2.39. The van der Waals surface area contributed by atoms with Gasteiger partial charge in [-0.2, -0.15) is 0 Å². The van der Waals surface area contributed by atoms with Crippen LogP contribution < -0.4 is 9.47 Å². The molecule has 3 aromatic rings. The molecule has 11 heteroatoms. The third kappa shape index (κ3) is 5.40. The van der Waals surface area contributed by atoms with Gasteiger partial charge < -0.3 is 19.4 Å². The van der Waals surface area contributed by atoms with Gasteiger partial charge in [-0.1, -0.05) is 42.5 Å². The molecule has 0 aliphatic carbocycles. The van der Waals surface area contributed by atoms with E-state index in [2.05, 4.69) is 4.74 Å². The maximum Gasteiger partial charge on any atom is 0.573 e. The fourth-order valence-corrected chi connectivity index (χ4v) is 4.42. The summed E-state index contributed by atoms with van der Waals surface area (Å²) in [5, 5.41) is 13.5. The van der Waals surface area contributed by atoms with Crippen molar-refractivity contribution < 1.29 is 41.7 Å². The zero-order valence-corrected chi connectivity index (χ0v) is 20.5. The number of hydrogen-bond acceptors (Lipinski definition) is 6. The smallest absolute Gasteiger partial charge is 0.573 e. The number of alkyl halides is 3. The Labute approximate surface area is 210 Å². The summed E-state index contributed by atoms with van der Waals surface area (Å²) in [7, 11) is 0. The maximum atomic E-state index is 13.5. The van der Waals surface area contributed by atoms with E-state index in [0.717, 1.165) is 17.7 Å². The van der Waals surface area contributed by atoms with Crippen LogP contribution in [0.25, 0.3) is 0 Å². The summed E-state index contributed by atoms with van der Waals surface area (Å²) in [6.07, 6.45) is -4.90. The molecular formula is C26H25F3N2O6. The van der Waals surface area contributed by atoms with E-state index in [-0.39, 0.29) is 17.9 Å². The number of ether oxygens (including phenoxy) is 3. The third-order valence-corrected chi connectivity index (χ3v) is 6.19. The molecule has 0 amide bonds. The lowest BCUT2D eigenvalue weighted by Gasteiger charge is -2.35. The molecule has 1 atom stereocenters. The zero-order chi connectivity index (χ0) is 27.1. The Kier molecular flexibility index (Phi) is 6.66. The number of hydrogen-bond donors (Lipinski definition) is 0. The highest BCUT2D eigenvalue weighted by atomic mass is 19.4. The molecule has 1 aromatic heterocycles. The molecule has 4 rings (SSSR count). The summed E-state index contributed by atoms with van der Waals surface area (Å²) in [6.45, 7) is 6.38. The van der Waals surface area contributed by atoms with Gasteiger partial charge in [0.1, 0.15) is 29.6 Å². The van der Waals surface area contributed by atoms with Gasteiger partial charge in [-0.25, -0.2) is 9.30 Å². The molecule has 0 radical (unpaired) electrons. The standard InChI is InChI=1S/C26H25F3N2O6/c1-15-16(2)31(34)22(30(15)14-17-8-6-5-7-9-17)20(21-23(32)36-25(3,4)37-24(21)33)18-10-12-19(13-11-18)35-26(27,28)29/h5-13,20-21H,14H2,1-4H3/t20-/m1/s1. The fraction of sp³-hybridized carbons (Fsp3) is 0.346. The number of esters is 2. The lowest BCUT2D eigenvalue weighted by atomic mass is 9.84. The second-order valence-corrected chi connectivity index (χ2v) is 9.21. The van der Waals surface area contributed by atoms with E-state index in [9.17, 15) is 28.0 Å². The normalized spacial score (nSPS) is 16.7. The van der Waals surface area contributed by atoms with E-state index in [1.807, 2.05) is 30.3 Å². The Balaban J connectivity index is 1.88. The summed E-state index contributed by atoms with van der Waals surface area (Å²) in [5.74, 6) is -6.59. The van der Waals surface area contributed by atoms with Gasteiger partial charge in [0, 0.05) is 27.7 Å². The number of carbonyl (C=O) groups is 2. The van der Waals surface area contributed by atoms with E-state index in [0.29, 0.717) is 16.1 Å². The number of aromatic nitrogens is 2. The van der Waals surface area contributed by atoms with Crippen LogP contribution in [0.5, 0.6) is 5.75 Å². The van der Waals surface area contributed by atoms with Crippen LogP contribution in [0.3, 0.4) is 0 Å². The van der Waals surface area contributed by atoms with Gasteiger partial charge in [-0.3, -0.25) is 9.59 Å². The fourth-order valence-electron chi connectivity index (χ4n) is 4.42. The van der Waals surface area contributed by atoms with Crippen LogP contribution >= 0.6 is 0 Å². The molecule has 1 aliphatic heterocycles. The molecule has 2 aromatic carbocycles. The summed E-state index contributed by atoms with van der Waals surface area (Å²) in [4.78, 5) is 26.2. The van der Waals surface area contributed by atoms with E-state index in [1.165, 1.54) is 26.0 Å². The Morgan fingerprint density at radius 3 is 2.14 bits per heavy atom. The summed E-state index contributed by atoms with van der Waals surface area (Å²) in [6, 6.07) is 13.9. The van der Waals surface area contributed by atoms with Gasteiger partial charge >= 0.3 is 18.3 Å². The number of rotatable bonds is 6. The molecule has 196 valence electrons. The van der Waals surface area contributed by atoms with Gasteiger partial charge in [0.25, 0.3) is 11.6 Å². The minimum atomic E-state index is -4.90. The summed E-state index contributed by atoms with van der Waals surface area (Å²) >= 11 is 0. The zero-order valence-electron chi connectivity index (χ0n) is 20.5. The first-order valence-corrected chi connectivity index (χ1v) is 11.4. The van der Waals surface area contributed by atoms with Gasteiger partial charge in [-0.05, 0) is 23.3 Å². The van der Waals surface area contributed by atoms with Gasteiger partial charge in [0.15, 0.2) is 5.92 Å². The van der Waals surface area contributed by atoms with E-state index in [1.54, 1.807) is 18.4 Å². The minimum absolute atomic E-state index is 0.0435. The van der Waals surface area contributed by atoms with E-state index < -0.39 is 41.7 Å². The highest BCUT2D eigenvalue weighted by Gasteiger charge is 2.52. The number of nitrogens with zero attached hydrogens (tertiary/aromatic N) is 2. The largest absolute Gasteiger partial charge is 0.711 e. The van der Waals surface area contributed by atoms with Gasteiger partial charge in [0.2, 0.25) is 0 Å². The number of carbonyl (C=O) groups excluding carboxylic acids is 2. The van der Waals surface area contributed by atoms with Crippen LogP contribution in [0.4, 0.5) is 13.2 Å². The monoisotopic (exact) mass is 518 g/mol. The van der Waals surface area contributed by atoms with Gasteiger partial charge in [-0.15, -0.1) is 13.2 Å². The second kappa shape index (κ2) is 9.45. The van der Waals surface area contributed by atoms with Crippen molar-refractivity contribution in [3.63, 3.8) is 0 Å². The number of imidazole rings is 1. The van der Waals surface area contributed by atoms with Crippen LogP contribution in [-0.2, 0) is 25.6 Å². The lowest BCUT2D eigenvalue weighted by Crippen LogP contribution is -2.50. The van der Waals surface area contributed by atoms with Crippen LogP contribution in [0.15, 0.2) is 54.6 Å². The Hall–Kier alpha value is -4.02. The molecule has 37 heavy (non-hydrogen) atoms. The molecule has 1 fully saturated rings. The Morgan fingerprint density at radius 2 is 1.59 bits per heavy atom. The minimum Gasteiger partial charge on any atom is -0.711 e. The van der Waals surface area contributed by atoms with Crippen LogP contribution in [-0.4, -0.2) is 28.7 Å². The van der Waals surface area contributed by atoms with E-state index in [4.69, 9.17) is 9.47 Å². The molecular weight excluding hydrogens is 493 g/mol. The number of cyclic esters (lactones) is 2. The van der Waals surface area contributed by atoms with Crippen LogP contribution in [0.1, 0.15) is 48.1 Å². The molecule has 0 spiro atoms. The predicted octanol–water partition coefficient (Wildman–Crippen LogP) is 4.27. The van der Waals surface area contributed by atoms with Crippen molar-refractivity contribution in [2.45, 2.75) is 52.3 Å². The molecule has 1 saturated heterocycles. The summed E-state index contributed by atoms with van der Waals surface area (Å²) < 4.78 is 55.0. The van der Waals surface area contributed by atoms with Crippen molar-refractivity contribution in [3.05, 3.63) is 88.1 Å². The van der Waals surface area contributed by atoms with Gasteiger partial charge in [0.05, 0.1) is 0 Å². The van der Waals surface area contributed by atoms with Crippen molar-refractivity contribution >= 4 is 11.9 Å². The Morgan fingerprint density at radius 1 is 1.03 bits per heavy atom. The highest BCUT2D eigenvalue weighted by molar-refractivity contribution is 5.98. The van der Waals surface area contributed by atoms with Crippen molar-refractivity contribution in [1.29, 1.82) is 0 Å². The second-order valence-electron chi connectivity index (χ2n) is 9.21. The topological polar surface area (TPSA) is 93.7 Å².